The van der Waals surface area contributed by atoms with Crippen LogP contribution in [0.25, 0.3) is 0 Å². The van der Waals surface area contributed by atoms with Gasteiger partial charge in [-0.05, 0) is 86.3 Å². The number of alkyl halides is 3. The van der Waals surface area contributed by atoms with Crippen LogP contribution in [-0.4, -0.2) is 110 Å². The molecule has 1 saturated heterocycles. The number of likely N-dealkylation sites (tertiary alicyclic amines) is 1. The maximum absolute atomic E-state index is 14.8. The van der Waals surface area contributed by atoms with Gasteiger partial charge in [0, 0.05) is 39.4 Å². The normalized spacial score (nSPS) is 19.8. The van der Waals surface area contributed by atoms with E-state index in [4.69, 9.17) is 23.7 Å². The largest absolute Gasteiger partial charge is 0.473 e. The number of anilines is 1. The molecule has 2 aliphatic rings. The monoisotopic (exact) mass is 701 g/mol. The van der Waals surface area contributed by atoms with Gasteiger partial charge < -0.3 is 38.4 Å². The highest BCUT2D eigenvalue weighted by Crippen LogP contribution is 2.45. The summed E-state index contributed by atoms with van der Waals surface area (Å²) in [5.74, 6) is -2.43. The van der Waals surface area contributed by atoms with E-state index in [0.29, 0.717) is 38.8 Å². The summed E-state index contributed by atoms with van der Waals surface area (Å²) in [4.78, 5) is 57.1. The van der Waals surface area contributed by atoms with Gasteiger partial charge in [-0.2, -0.15) is 13.2 Å². The molecule has 0 spiro atoms. The minimum absolute atomic E-state index is 0.00404. The van der Waals surface area contributed by atoms with Crippen LogP contribution in [0.3, 0.4) is 0 Å². The number of halogens is 3. The number of hydrogen-bond donors (Lipinski definition) is 0. The highest BCUT2D eigenvalue weighted by Gasteiger charge is 2.48. The fraction of sp³-hybridized carbons (Fsp3) is 0.706. The van der Waals surface area contributed by atoms with Gasteiger partial charge in [-0.25, -0.2) is 9.59 Å². The Morgan fingerprint density at radius 1 is 1.14 bits per heavy atom. The molecule has 0 N–H and O–H groups in total. The van der Waals surface area contributed by atoms with Crippen molar-refractivity contribution in [3.05, 3.63) is 23.3 Å². The molecule has 0 bridgehead atoms. The van der Waals surface area contributed by atoms with Crippen LogP contribution in [0, 0.1) is 0 Å². The number of ether oxygens (including phenoxy) is 5. The molecule has 2 aliphatic heterocycles. The first-order chi connectivity index (χ1) is 22.8. The van der Waals surface area contributed by atoms with Crippen molar-refractivity contribution in [2.45, 2.75) is 104 Å². The topological polar surface area (TPSA) is 124 Å². The number of methoxy groups -OCH3 is 1. The van der Waals surface area contributed by atoms with Gasteiger partial charge in [-0.1, -0.05) is 0 Å². The molecule has 0 aromatic heterocycles. The van der Waals surface area contributed by atoms with E-state index in [1.807, 2.05) is 0 Å². The summed E-state index contributed by atoms with van der Waals surface area (Å²) in [5.41, 5.74) is -4.41. The fourth-order valence-corrected chi connectivity index (χ4v) is 5.95. The second-order valence-corrected chi connectivity index (χ2v) is 13.7. The molecule has 49 heavy (non-hydrogen) atoms. The number of hydrogen-bond acceptors (Lipinski definition) is 9. The molecule has 0 saturated carbocycles. The maximum atomic E-state index is 14.8. The van der Waals surface area contributed by atoms with E-state index in [2.05, 4.69) is 0 Å². The lowest BCUT2D eigenvalue weighted by atomic mass is 9.96. The Morgan fingerprint density at radius 3 is 2.43 bits per heavy atom. The number of unbranched alkanes of at least 4 members (excludes halogenated alkanes) is 1. The number of fused-ring (bicyclic) bond motifs is 1. The zero-order valence-corrected chi connectivity index (χ0v) is 29.7. The summed E-state index contributed by atoms with van der Waals surface area (Å²) in [6.45, 7) is 11.7. The maximum Gasteiger partial charge on any atom is 0.417 e. The Morgan fingerprint density at radius 2 is 1.84 bits per heavy atom. The van der Waals surface area contributed by atoms with E-state index in [9.17, 15) is 32.3 Å². The Bertz CT molecular complexity index is 1350. The molecule has 3 amide bonds. The molecule has 3 rings (SSSR count). The second kappa shape index (κ2) is 16.4. The Kier molecular flexibility index (Phi) is 13.3. The molecule has 1 unspecified atom stereocenters. The van der Waals surface area contributed by atoms with E-state index in [0.717, 1.165) is 12.1 Å². The molecule has 1 aromatic rings. The Labute approximate surface area is 286 Å². The average Bonchev–Trinajstić information content (AvgIpc) is 2.99. The number of benzene rings is 1. The number of piperidine rings is 1. The summed E-state index contributed by atoms with van der Waals surface area (Å²) in [6.07, 6.45) is -3.56. The molecule has 15 heteroatoms. The van der Waals surface area contributed by atoms with E-state index < -0.39 is 77.7 Å². The molecular weight excluding hydrogens is 651 g/mol. The van der Waals surface area contributed by atoms with Crippen LogP contribution in [0.15, 0.2) is 12.1 Å². The molecule has 1 aromatic carbocycles. The average molecular weight is 702 g/mol. The molecule has 276 valence electrons. The van der Waals surface area contributed by atoms with Crippen molar-refractivity contribution >= 4 is 29.6 Å². The molecule has 2 atom stereocenters. The lowest BCUT2D eigenvalue weighted by molar-refractivity contribution is -0.154. The standard InChI is InChI=1S/C34H50F3N3O9/c1-9-47-28(41)20-46-21-33(7)30(43)39(15-10-11-16-45-8)26-17-24(25(34(35,36)37)18-27(26)48-33)29(42)40(22(2)3)23-13-12-14-38(19-23)31(44)49-32(4,5)6/h17-18,22-23H,9-16,19-21H2,1-8H3/t23-,33?/m1/s1. The first-order valence-electron chi connectivity index (χ1n) is 16.6. The van der Waals surface area contributed by atoms with Crippen molar-refractivity contribution in [3.63, 3.8) is 0 Å². The number of esters is 1. The van der Waals surface area contributed by atoms with Crippen LogP contribution < -0.4 is 9.64 Å². The van der Waals surface area contributed by atoms with Gasteiger partial charge in [-0.3, -0.25) is 9.59 Å². The van der Waals surface area contributed by atoms with Crippen molar-refractivity contribution in [1.29, 1.82) is 0 Å². The summed E-state index contributed by atoms with van der Waals surface area (Å²) in [5, 5.41) is 0. The highest BCUT2D eigenvalue weighted by molar-refractivity contribution is 6.05. The van der Waals surface area contributed by atoms with Crippen molar-refractivity contribution in [2.24, 2.45) is 0 Å². The predicted octanol–water partition coefficient (Wildman–Crippen LogP) is 5.45. The van der Waals surface area contributed by atoms with Crippen LogP contribution in [0.1, 0.15) is 90.1 Å². The molecular formula is C34H50F3N3O9. The summed E-state index contributed by atoms with van der Waals surface area (Å²) >= 11 is 0. The van der Waals surface area contributed by atoms with Crippen LogP contribution in [0.4, 0.5) is 23.7 Å². The van der Waals surface area contributed by atoms with Gasteiger partial charge in [-0.15, -0.1) is 0 Å². The summed E-state index contributed by atoms with van der Waals surface area (Å²) < 4.78 is 71.1. The van der Waals surface area contributed by atoms with Crippen LogP contribution in [0.2, 0.25) is 0 Å². The van der Waals surface area contributed by atoms with Crippen molar-refractivity contribution < 1.29 is 56.0 Å². The molecule has 2 heterocycles. The van der Waals surface area contributed by atoms with Gasteiger partial charge in [0.1, 0.15) is 18.0 Å². The summed E-state index contributed by atoms with van der Waals surface area (Å²) in [6, 6.07) is 0.690. The molecule has 12 nitrogen and oxygen atoms in total. The van der Waals surface area contributed by atoms with Crippen LogP contribution in [0.5, 0.6) is 5.75 Å². The minimum atomic E-state index is -4.97. The van der Waals surface area contributed by atoms with Crippen LogP contribution >= 0.6 is 0 Å². The third kappa shape index (κ3) is 10.2. The minimum Gasteiger partial charge on any atom is -0.473 e. The highest BCUT2D eigenvalue weighted by atomic mass is 19.4. The van der Waals surface area contributed by atoms with E-state index in [-0.39, 0.29) is 31.1 Å². The third-order valence-corrected chi connectivity index (χ3v) is 8.07. The lowest BCUT2D eigenvalue weighted by Crippen LogP contribution is -2.57. The Balaban J connectivity index is 2.05. The zero-order chi connectivity index (χ0) is 36.7. The number of amides is 3. The number of carbonyl (C=O) groups is 4. The summed E-state index contributed by atoms with van der Waals surface area (Å²) in [7, 11) is 1.53. The van der Waals surface area contributed by atoms with Gasteiger partial charge in [0.2, 0.25) is 5.60 Å². The van der Waals surface area contributed by atoms with E-state index in [1.54, 1.807) is 41.5 Å². The number of rotatable bonds is 13. The molecule has 0 radical (unpaired) electrons. The van der Waals surface area contributed by atoms with Gasteiger partial charge in [0.05, 0.1) is 36.1 Å². The van der Waals surface area contributed by atoms with Crippen molar-refractivity contribution in [3.8, 4) is 5.75 Å². The van der Waals surface area contributed by atoms with Crippen molar-refractivity contribution in [1.82, 2.24) is 9.80 Å². The number of nitrogens with zero attached hydrogens (tertiary/aromatic N) is 3. The first-order valence-corrected chi connectivity index (χ1v) is 16.6. The third-order valence-electron chi connectivity index (χ3n) is 8.07. The zero-order valence-electron chi connectivity index (χ0n) is 29.7. The fourth-order valence-electron chi connectivity index (χ4n) is 5.95. The van der Waals surface area contributed by atoms with Crippen molar-refractivity contribution in [2.75, 3.05) is 58.1 Å². The van der Waals surface area contributed by atoms with E-state index in [1.165, 1.54) is 28.7 Å². The van der Waals surface area contributed by atoms with E-state index >= 15 is 0 Å². The predicted molar refractivity (Wildman–Crippen MR) is 174 cm³/mol. The quantitative estimate of drug-likeness (QED) is 0.195. The smallest absolute Gasteiger partial charge is 0.417 e. The van der Waals surface area contributed by atoms with Gasteiger partial charge in [0.25, 0.3) is 11.8 Å². The number of carbonyl (C=O) groups excluding carboxylic acids is 4. The van der Waals surface area contributed by atoms with Gasteiger partial charge in [0.15, 0.2) is 0 Å². The van der Waals surface area contributed by atoms with Gasteiger partial charge >= 0.3 is 18.2 Å². The Hall–Kier alpha value is -3.59. The van der Waals surface area contributed by atoms with Crippen LogP contribution in [-0.2, 0) is 34.7 Å². The first kappa shape index (κ1) is 39.8. The lowest BCUT2D eigenvalue weighted by Gasteiger charge is -2.43. The molecule has 0 aliphatic carbocycles. The molecule has 1 fully saturated rings. The second-order valence-electron chi connectivity index (χ2n) is 13.7. The SMILES string of the molecule is CCOC(=O)COCC1(C)Oc2cc(C(F)(F)F)c(C(=O)N(C(C)C)[C@@H]3CCCN(C(=O)OC(C)(C)C)C3)cc2N(CCCCOC)C1=O.